The number of aliphatic hydroxyl groups is 1. The van der Waals surface area contributed by atoms with Crippen molar-refractivity contribution < 1.29 is 9.53 Å². The number of aliphatic hydroxyl groups excluding tert-OH is 1. The average molecular weight is 311 g/mol. The fourth-order valence-corrected chi connectivity index (χ4v) is 5.62. The van der Waals surface area contributed by atoms with E-state index in [2.05, 4.69) is 39.8 Å². The van der Waals surface area contributed by atoms with Crippen molar-refractivity contribution in [2.75, 3.05) is 6.61 Å². The Labute approximate surface area is 132 Å². The first-order valence-corrected chi connectivity index (χ1v) is 11.3. The van der Waals surface area contributed by atoms with Crippen LogP contribution in [-0.2, 0) is 4.43 Å². The SMILES string of the molecule is CC[Si](CC)(CC)OC[C@@H](C)[C@@H](O)/C=C/C1=CCCCC1. The van der Waals surface area contributed by atoms with Gasteiger partial charge in [0.2, 0.25) is 0 Å². The van der Waals surface area contributed by atoms with E-state index in [1.807, 2.05) is 6.08 Å². The minimum atomic E-state index is -1.53. The van der Waals surface area contributed by atoms with Gasteiger partial charge < -0.3 is 9.53 Å². The summed E-state index contributed by atoms with van der Waals surface area (Å²) in [4.78, 5) is 0. The van der Waals surface area contributed by atoms with Crippen LogP contribution in [0.1, 0.15) is 53.4 Å². The molecule has 1 rings (SSSR count). The van der Waals surface area contributed by atoms with Crippen LogP contribution in [0.4, 0.5) is 0 Å². The Morgan fingerprint density at radius 1 is 1.24 bits per heavy atom. The van der Waals surface area contributed by atoms with Crippen LogP contribution in [-0.4, -0.2) is 26.1 Å². The molecule has 0 unspecified atom stereocenters. The monoisotopic (exact) mass is 310 g/mol. The second-order valence-corrected chi connectivity index (χ2v) is 11.2. The lowest BCUT2D eigenvalue weighted by Gasteiger charge is -2.30. The van der Waals surface area contributed by atoms with E-state index < -0.39 is 14.4 Å². The molecule has 0 aromatic carbocycles. The largest absolute Gasteiger partial charge is 0.416 e. The highest BCUT2D eigenvalue weighted by Gasteiger charge is 2.29. The lowest BCUT2D eigenvalue weighted by molar-refractivity contribution is 0.116. The van der Waals surface area contributed by atoms with Gasteiger partial charge in [0.1, 0.15) is 0 Å². The van der Waals surface area contributed by atoms with Gasteiger partial charge in [0.25, 0.3) is 0 Å². The number of allylic oxidation sites excluding steroid dienone is 3. The molecule has 0 aromatic heterocycles. The van der Waals surface area contributed by atoms with Crippen molar-refractivity contribution in [3.8, 4) is 0 Å². The van der Waals surface area contributed by atoms with Gasteiger partial charge in [0.05, 0.1) is 6.10 Å². The predicted octanol–water partition coefficient (Wildman–Crippen LogP) is 5.06. The molecular weight excluding hydrogens is 276 g/mol. The van der Waals surface area contributed by atoms with Crippen molar-refractivity contribution in [3.63, 3.8) is 0 Å². The molecule has 122 valence electrons. The third-order valence-electron chi connectivity index (χ3n) is 5.00. The predicted molar refractivity (Wildman–Crippen MR) is 94.0 cm³/mol. The van der Waals surface area contributed by atoms with Crippen LogP contribution in [0.15, 0.2) is 23.8 Å². The van der Waals surface area contributed by atoms with Crippen molar-refractivity contribution in [1.29, 1.82) is 0 Å². The highest BCUT2D eigenvalue weighted by molar-refractivity contribution is 6.73. The fraction of sp³-hybridized carbons (Fsp3) is 0.778. The maximum Gasteiger partial charge on any atom is 0.191 e. The topological polar surface area (TPSA) is 29.5 Å². The van der Waals surface area contributed by atoms with Gasteiger partial charge >= 0.3 is 0 Å². The smallest absolute Gasteiger partial charge is 0.191 e. The third-order valence-corrected chi connectivity index (χ3v) is 9.65. The first-order chi connectivity index (χ1) is 10.1. The van der Waals surface area contributed by atoms with Gasteiger partial charge in [0, 0.05) is 12.5 Å². The lowest BCUT2D eigenvalue weighted by atomic mass is 9.97. The number of rotatable bonds is 9. The van der Waals surface area contributed by atoms with Crippen LogP contribution in [0, 0.1) is 5.92 Å². The van der Waals surface area contributed by atoms with Gasteiger partial charge in [-0.3, -0.25) is 0 Å². The van der Waals surface area contributed by atoms with E-state index in [1.54, 1.807) is 0 Å². The minimum absolute atomic E-state index is 0.168. The standard InChI is InChI=1S/C18H34O2Si/c1-5-21(6-2,7-3)20-15-16(4)18(19)14-13-17-11-9-8-10-12-17/h11,13-14,16,18-19H,5-10,12,15H2,1-4H3/b14-13+/t16-,18+/m1/s1. The zero-order chi connectivity index (χ0) is 15.7. The molecule has 0 radical (unpaired) electrons. The van der Waals surface area contributed by atoms with Crippen LogP contribution in [0.25, 0.3) is 0 Å². The molecule has 1 aliphatic rings. The number of hydrogen-bond acceptors (Lipinski definition) is 2. The normalized spacial score (nSPS) is 19.6. The lowest BCUT2D eigenvalue weighted by Crippen LogP contribution is -2.38. The summed E-state index contributed by atoms with van der Waals surface area (Å²) in [5, 5.41) is 10.3. The van der Waals surface area contributed by atoms with E-state index >= 15 is 0 Å². The molecule has 0 amide bonds. The van der Waals surface area contributed by atoms with Crippen molar-refractivity contribution in [2.24, 2.45) is 5.92 Å². The Morgan fingerprint density at radius 2 is 1.90 bits per heavy atom. The van der Waals surface area contributed by atoms with Crippen LogP contribution in [0.3, 0.4) is 0 Å². The zero-order valence-electron chi connectivity index (χ0n) is 14.4. The van der Waals surface area contributed by atoms with Gasteiger partial charge in [0.15, 0.2) is 8.32 Å². The molecule has 0 bridgehead atoms. The van der Waals surface area contributed by atoms with Gasteiger partial charge in [-0.25, -0.2) is 0 Å². The first kappa shape index (κ1) is 18.7. The molecule has 0 saturated carbocycles. The van der Waals surface area contributed by atoms with Crippen molar-refractivity contribution in [1.82, 2.24) is 0 Å². The minimum Gasteiger partial charge on any atom is -0.416 e. The Kier molecular flexibility index (Phi) is 8.53. The maximum absolute atomic E-state index is 10.3. The summed E-state index contributed by atoms with van der Waals surface area (Å²) in [7, 11) is -1.53. The van der Waals surface area contributed by atoms with E-state index in [0.29, 0.717) is 6.61 Å². The van der Waals surface area contributed by atoms with Crippen LogP contribution in [0.2, 0.25) is 18.1 Å². The molecule has 0 aromatic rings. The summed E-state index contributed by atoms with van der Waals surface area (Å²) < 4.78 is 6.28. The molecule has 2 atom stereocenters. The molecule has 0 spiro atoms. The number of hydrogen-bond donors (Lipinski definition) is 1. The van der Waals surface area contributed by atoms with Gasteiger partial charge in [-0.2, -0.15) is 0 Å². The van der Waals surface area contributed by atoms with E-state index in [1.165, 1.54) is 43.0 Å². The van der Waals surface area contributed by atoms with Crippen LogP contribution >= 0.6 is 0 Å². The van der Waals surface area contributed by atoms with E-state index in [9.17, 15) is 5.11 Å². The molecule has 1 N–H and O–H groups in total. The van der Waals surface area contributed by atoms with Crippen molar-refractivity contribution in [3.05, 3.63) is 23.8 Å². The first-order valence-electron chi connectivity index (χ1n) is 8.76. The van der Waals surface area contributed by atoms with Gasteiger partial charge in [-0.15, -0.1) is 0 Å². The van der Waals surface area contributed by atoms with Crippen molar-refractivity contribution in [2.45, 2.75) is 77.6 Å². The third kappa shape index (κ3) is 6.09. The Morgan fingerprint density at radius 3 is 2.43 bits per heavy atom. The van der Waals surface area contributed by atoms with E-state index in [4.69, 9.17) is 4.43 Å². The Bertz CT molecular complexity index is 337. The summed E-state index contributed by atoms with van der Waals surface area (Å²) in [6, 6.07) is 3.52. The summed E-state index contributed by atoms with van der Waals surface area (Å²) in [5.41, 5.74) is 1.38. The van der Waals surface area contributed by atoms with Gasteiger partial charge in [-0.05, 0) is 43.8 Å². The summed E-state index contributed by atoms with van der Waals surface area (Å²) in [6.07, 6.45) is 10.9. The molecule has 0 fully saturated rings. The highest BCUT2D eigenvalue weighted by Crippen LogP contribution is 2.23. The van der Waals surface area contributed by atoms with Crippen LogP contribution < -0.4 is 0 Å². The summed E-state index contributed by atoms with van der Waals surface area (Å²) in [6.45, 7) is 9.51. The Balaban J connectivity index is 2.45. The molecule has 2 nitrogen and oxygen atoms in total. The fourth-order valence-electron chi connectivity index (χ4n) is 2.89. The zero-order valence-corrected chi connectivity index (χ0v) is 15.4. The average Bonchev–Trinajstić information content (AvgIpc) is 2.55. The molecule has 0 saturated heterocycles. The Hall–Kier alpha value is -0.383. The molecule has 0 aliphatic heterocycles. The highest BCUT2D eigenvalue weighted by atomic mass is 28.4. The molecule has 3 heteroatoms. The quantitative estimate of drug-likeness (QED) is 0.603. The van der Waals surface area contributed by atoms with Crippen molar-refractivity contribution >= 4 is 8.32 Å². The molecule has 1 aliphatic carbocycles. The summed E-state index contributed by atoms with van der Waals surface area (Å²) in [5.74, 6) is 0.168. The molecule has 21 heavy (non-hydrogen) atoms. The maximum atomic E-state index is 10.3. The second kappa shape index (κ2) is 9.60. The van der Waals surface area contributed by atoms with E-state index in [0.717, 1.165) is 6.42 Å². The van der Waals surface area contributed by atoms with Crippen LogP contribution in [0.5, 0.6) is 0 Å². The van der Waals surface area contributed by atoms with E-state index in [-0.39, 0.29) is 5.92 Å². The molecule has 0 heterocycles. The second-order valence-electron chi connectivity index (χ2n) is 6.41. The van der Waals surface area contributed by atoms with Gasteiger partial charge in [-0.1, -0.05) is 51.5 Å². The summed E-state index contributed by atoms with van der Waals surface area (Å²) >= 11 is 0. The molecular formula is C18H34O2Si.